The van der Waals surface area contributed by atoms with Crippen LogP contribution in [0.2, 0.25) is 0 Å². The van der Waals surface area contributed by atoms with Gasteiger partial charge in [0.25, 0.3) is 0 Å². The van der Waals surface area contributed by atoms with E-state index < -0.39 is 0 Å². The van der Waals surface area contributed by atoms with E-state index in [0.29, 0.717) is 12.3 Å². The highest BCUT2D eigenvalue weighted by Gasteiger charge is 2.21. The number of aryl methyl sites for hydroxylation is 1. The van der Waals surface area contributed by atoms with Crippen LogP contribution in [0, 0.1) is 6.92 Å². The van der Waals surface area contributed by atoms with Crippen molar-refractivity contribution in [3.05, 3.63) is 54.1 Å². The van der Waals surface area contributed by atoms with Gasteiger partial charge < -0.3 is 4.74 Å². The first-order valence-corrected chi connectivity index (χ1v) is 12.2. The summed E-state index contributed by atoms with van der Waals surface area (Å²) in [5.41, 5.74) is 2.15. The third kappa shape index (κ3) is 5.40. The van der Waals surface area contributed by atoms with Crippen LogP contribution in [0.1, 0.15) is 12.0 Å². The Morgan fingerprint density at radius 2 is 1.97 bits per heavy atom. The van der Waals surface area contributed by atoms with Crippen LogP contribution in [0.4, 0.5) is 5.13 Å². The summed E-state index contributed by atoms with van der Waals surface area (Å²) in [5.74, 6) is 0.527. The molecule has 0 unspecified atom stereocenters. The third-order valence-corrected chi connectivity index (χ3v) is 7.25. The molecule has 4 rings (SSSR count). The highest BCUT2D eigenvalue weighted by molar-refractivity contribution is 8.00. The molecular weight excluding hydrogens is 414 g/mol. The lowest BCUT2D eigenvalue weighted by Crippen LogP contribution is -2.39. The predicted molar refractivity (Wildman–Crippen MR) is 126 cm³/mol. The van der Waals surface area contributed by atoms with E-state index in [-0.39, 0.29) is 5.91 Å². The van der Waals surface area contributed by atoms with Crippen LogP contribution in [-0.4, -0.2) is 60.9 Å². The number of para-hydroxylation sites is 1. The molecule has 0 aliphatic carbocycles. The van der Waals surface area contributed by atoms with Crippen molar-refractivity contribution < 1.29 is 9.53 Å². The Labute approximate surface area is 186 Å². The molecule has 0 saturated carbocycles. The molecule has 1 aliphatic rings. The maximum absolute atomic E-state index is 13.2. The Bertz CT molecular complexity index is 971. The van der Waals surface area contributed by atoms with E-state index in [4.69, 9.17) is 9.72 Å². The molecule has 158 valence electrons. The number of carbonyl (C=O) groups is 1. The number of amides is 1. The van der Waals surface area contributed by atoms with Gasteiger partial charge in [-0.05, 0) is 37.1 Å². The monoisotopic (exact) mass is 441 g/mol. The highest BCUT2D eigenvalue weighted by Crippen LogP contribution is 2.31. The number of fused-ring (bicyclic) bond motifs is 1. The third-order valence-electron chi connectivity index (χ3n) is 5.21. The molecular formula is C23H27N3O2S2. The molecule has 2 aromatic carbocycles. The summed E-state index contributed by atoms with van der Waals surface area (Å²) in [6, 6.07) is 16.3. The lowest BCUT2D eigenvalue weighted by atomic mass is 10.2. The van der Waals surface area contributed by atoms with Crippen LogP contribution in [0.5, 0.6) is 0 Å². The molecule has 1 saturated heterocycles. The number of rotatable bonds is 8. The van der Waals surface area contributed by atoms with Crippen molar-refractivity contribution in [1.82, 2.24) is 9.88 Å². The molecule has 2 heterocycles. The summed E-state index contributed by atoms with van der Waals surface area (Å²) in [5, 5.41) is 0.805. The lowest BCUT2D eigenvalue weighted by molar-refractivity contribution is -0.116. The van der Waals surface area contributed by atoms with Crippen LogP contribution in [-0.2, 0) is 9.53 Å². The largest absolute Gasteiger partial charge is 0.379 e. The maximum atomic E-state index is 13.2. The van der Waals surface area contributed by atoms with Crippen molar-refractivity contribution >= 4 is 44.4 Å². The SMILES string of the molecule is Cc1cccc2sc(N(CCCN3CCOCC3)C(=O)CSc3ccccc3)nc12. The van der Waals surface area contributed by atoms with Gasteiger partial charge in [-0.1, -0.05) is 41.7 Å². The molecule has 0 bridgehead atoms. The first kappa shape index (κ1) is 21.3. The van der Waals surface area contributed by atoms with Gasteiger partial charge in [0.15, 0.2) is 5.13 Å². The second kappa shape index (κ2) is 10.4. The topological polar surface area (TPSA) is 45.7 Å². The minimum absolute atomic E-state index is 0.113. The summed E-state index contributed by atoms with van der Waals surface area (Å²) < 4.78 is 6.57. The maximum Gasteiger partial charge on any atom is 0.239 e. The number of benzene rings is 2. The van der Waals surface area contributed by atoms with Crippen molar-refractivity contribution in [1.29, 1.82) is 0 Å². The van der Waals surface area contributed by atoms with Crippen molar-refractivity contribution in [3.8, 4) is 0 Å². The van der Waals surface area contributed by atoms with Crippen molar-refractivity contribution in [3.63, 3.8) is 0 Å². The summed E-state index contributed by atoms with van der Waals surface area (Å²) >= 11 is 3.19. The number of hydrogen-bond acceptors (Lipinski definition) is 6. The number of ether oxygens (including phenoxy) is 1. The number of anilines is 1. The van der Waals surface area contributed by atoms with Crippen LogP contribution in [0.25, 0.3) is 10.2 Å². The summed E-state index contributed by atoms with van der Waals surface area (Å²) in [4.78, 5) is 23.4. The fraction of sp³-hybridized carbons (Fsp3) is 0.391. The molecule has 30 heavy (non-hydrogen) atoms. The van der Waals surface area contributed by atoms with Gasteiger partial charge in [0.2, 0.25) is 5.91 Å². The van der Waals surface area contributed by atoms with Crippen LogP contribution in [0.15, 0.2) is 53.4 Å². The van der Waals surface area contributed by atoms with E-state index >= 15 is 0 Å². The smallest absolute Gasteiger partial charge is 0.239 e. The number of nitrogens with zero attached hydrogens (tertiary/aromatic N) is 3. The first-order valence-electron chi connectivity index (χ1n) is 10.4. The Kier molecular flexibility index (Phi) is 7.38. The fourth-order valence-electron chi connectivity index (χ4n) is 3.53. The number of thiazole rings is 1. The minimum atomic E-state index is 0.113. The van der Waals surface area contributed by atoms with Gasteiger partial charge in [0, 0.05) is 31.1 Å². The Balaban J connectivity index is 1.47. The Hall–Kier alpha value is -1.93. The fourth-order valence-corrected chi connectivity index (χ4v) is 5.42. The molecule has 1 aliphatic heterocycles. The number of morpholine rings is 1. The molecule has 0 radical (unpaired) electrons. The molecule has 0 atom stereocenters. The number of hydrogen-bond donors (Lipinski definition) is 0. The van der Waals surface area contributed by atoms with Crippen LogP contribution < -0.4 is 4.90 Å². The van der Waals surface area contributed by atoms with Crippen molar-refractivity contribution in [2.45, 2.75) is 18.2 Å². The second-order valence-electron chi connectivity index (χ2n) is 7.37. The molecule has 3 aromatic rings. The molecule has 1 fully saturated rings. The van der Waals surface area contributed by atoms with Gasteiger partial charge in [-0.2, -0.15) is 0 Å². The molecule has 0 spiro atoms. The van der Waals surface area contributed by atoms with Gasteiger partial charge in [0.1, 0.15) is 0 Å². The highest BCUT2D eigenvalue weighted by atomic mass is 32.2. The zero-order chi connectivity index (χ0) is 20.8. The minimum Gasteiger partial charge on any atom is -0.379 e. The molecule has 0 N–H and O–H groups in total. The van der Waals surface area contributed by atoms with Crippen molar-refractivity contribution in [2.24, 2.45) is 0 Å². The lowest BCUT2D eigenvalue weighted by Gasteiger charge is -2.27. The predicted octanol–water partition coefficient (Wildman–Crippen LogP) is 4.45. The average molecular weight is 442 g/mol. The number of thioether (sulfide) groups is 1. The second-order valence-corrected chi connectivity index (χ2v) is 9.43. The molecule has 7 heteroatoms. The van der Waals surface area contributed by atoms with E-state index in [1.165, 1.54) is 0 Å². The van der Waals surface area contributed by atoms with E-state index in [9.17, 15) is 4.79 Å². The number of aromatic nitrogens is 1. The van der Waals surface area contributed by atoms with Gasteiger partial charge in [-0.3, -0.25) is 14.6 Å². The molecule has 1 aromatic heterocycles. The normalized spacial score (nSPS) is 14.8. The van der Waals surface area contributed by atoms with Gasteiger partial charge in [-0.25, -0.2) is 4.98 Å². The average Bonchev–Trinajstić information content (AvgIpc) is 3.22. The summed E-state index contributed by atoms with van der Waals surface area (Å²) in [7, 11) is 0. The van der Waals surface area contributed by atoms with Crippen LogP contribution in [0.3, 0.4) is 0 Å². The van der Waals surface area contributed by atoms with E-state index in [1.54, 1.807) is 23.1 Å². The number of carbonyl (C=O) groups excluding carboxylic acids is 1. The van der Waals surface area contributed by atoms with Gasteiger partial charge in [-0.15, -0.1) is 11.8 Å². The zero-order valence-electron chi connectivity index (χ0n) is 17.3. The molecule has 1 amide bonds. The molecule has 5 nitrogen and oxygen atoms in total. The van der Waals surface area contributed by atoms with E-state index in [2.05, 4.69) is 30.0 Å². The standard InChI is InChI=1S/C23H27N3O2S2/c1-18-7-5-10-20-22(18)24-23(30-20)26(12-6-11-25-13-15-28-16-14-25)21(27)17-29-19-8-3-2-4-9-19/h2-5,7-10H,6,11-17H2,1H3. The zero-order valence-corrected chi connectivity index (χ0v) is 18.9. The quantitative estimate of drug-likeness (QED) is 0.483. The van der Waals surface area contributed by atoms with Crippen LogP contribution >= 0.6 is 23.1 Å². The Morgan fingerprint density at radius 3 is 2.73 bits per heavy atom. The van der Waals surface area contributed by atoms with Crippen molar-refractivity contribution in [2.75, 3.05) is 50.0 Å². The summed E-state index contributed by atoms with van der Waals surface area (Å²) in [6.07, 6.45) is 0.927. The van der Waals surface area contributed by atoms with Gasteiger partial charge in [0.05, 0.1) is 29.2 Å². The summed E-state index contributed by atoms with van der Waals surface area (Å²) in [6.45, 7) is 7.27. The Morgan fingerprint density at radius 1 is 1.17 bits per heavy atom. The van der Waals surface area contributed by atoms with Gasteiger partial charge >= 0.3 is 0 Å². The van der Waals surface area contributed by atoms with E-state index in [1.807, 2.05) is 35.2 Å². The van der Waals surface area contributed by atoms with E-state index in [0.717, 1.165) is 65.1 Å². The first-order chi connectivity index (χ1) is 14.7.